The summed E-state index contributed by atoms with van der Waals surface area (Å²) in [6, 6.07) is 4.04. The summed E-state index contributed by atoms with van der Waals surface area (Å²) in [7, 11) is -2.43. The molecule has 1 aliphatic heterocycles. The number of amides is 1. The van der Waals surface area contributed by atoms with Crippen LogP contribution in [-0.4, -0.2) is 69.4 Å². The fraction of sp³-hybridized carbons (Fsp3) is 0.400. The number of methoxy groups -OCH3 is 1. The highest BCUT2D eigenvalue weighted by Crippen LogP contribution is 2.30. The summed E-state index contributed by atoms with van der Waals surface area (Å²) in [6.45, 7) is 8.14. The van der Waals surface area contributed by atoms with Gasteiger partial charge >= 0.3 is 5.97 Å². The number of nitrogens with zero attached hydrogens (tertiary/aromatic N) is 2. The first kappa shape index (κ1) is 22.6. The van der Waals surface area contributed by atoms with Crippen LogP contribution < -0.4 is 4.74 Å². The lowest BCUT2D eigenvalue weighted by Crippen LogP contribution is -2.35. The zero-order chi connectivity index (χ0) is 21.4. The van der Waals surface area contributed by atoms with Crippen LogP contribution in [0.2, 0.25) is 0 Å². The maximum Gasteiger partial charge on any atom is 0.338 e. The fourth-order valence-electron chi connectivity index (χ4n) is 2.96. The predicted molar refractivity (Wildman–Crippen MR) is 108 cm³/mol. The van der Waals surface area contributed by atoms with E-state index in [-0.39, 0.29) is 16.2 Å². The van der Waals surface area contributed by atoms with E-state index in [1.54, 1.807) is 12.2 Å². The minimum absolute atomic E-state index is 0.0235. The summed E-state index contributed by atoms with van der Waals surface area (Å²) in [4.78, 5) is 25.9. The minimum Gasteiger partial charge on any atom is -0.495 e. The molecule has 0 radical (unpaired) electrons. The molecule has 1 aromatic carbocycles. The van der Waals surface area contributed by atoms with Crippen LogP contribution in [0.25, 0.3) is 0 Å². The third-order valence-corrected chi connectivity index (χ3v) is 6.38. The van der Waals surface area contributed by atoms with Crippen LogP contribution in [0.4, 0.5) is 0 Å². The number of carbonyl (C=O) groups is 2. The van der Waals surface area contributed by atoms with Crippen LogP contribution in [0.15, 0.2) is 48.4 Å². The molecule has 2 rings (SSSR count). The van der Waals surface area contributed by atoms with Gasteiger partial charge in [-0.25, -0.2) is 13.2 Å². The number of rotatable bonds is 10. The molecule has 0 spiro atoms. The van der Waals surface area contributed by atoms with Gasteiger partial charge in [0.1, 0.15) is 10.6 Å². The number of benzene rings is 1. The van der Waals surface area contributed by atoms with Gasteiger partial charge in [0.2, 0.25) is 10.0 Å². The first-order valence-corrected chi connectivity index (χ1v) is 10.6. The van der Waals surface area contributed by atoms with Crippen LogP contribution in [0, 0.1) is 0 Å². The molecule has 0 bridgehead atoms. The van der Waals surface area contributed by atoms with Crippen molar-refractivity contribution < 1.29 is 27.5 Å². The van der Waals surface area contributed by atoms with Crippen molar-refractivity contribution in [3.8, 4) is 5.75 Å². The summed E-state index contributed by atoms with van der Waals surface area (Å²) < 4.78 is 37.4. The van der Waals surface area contributed by atoms with Crippen molar-refractivity contribution in [1.29, 1.82) is 0 Å². The molecule has 1 heterocycles. The number of hydrogen-bond donors (Lipinski definition) is 0. The molecule has 1 aromatic rings. The van der Waals surface area contributed by atoms with E-state index in [0.29, 0.717) is 26.2 Å². The first-order chi connectivity index (χ1) is 13.8. The van der Waals surface area contributed by atoms with Crippen molar-refractivity contribution in [2.75, 3.05) is 39.9 Å². The Hall–Kier alpha value is -2.65. The zero-order valence-corrected chi connectivity index (χ0v) is 17.3. The monoisotopic (exact) mass is 422 g/mol. The topological polar surface area (TPSA) is 93.2 Å². The van der Waals surface area contributed by atoms with E-state index < -0.39 is 28.5 Å². The second-order valence-electron chi connectivity index (χ2n) is 6.43. The average molecular weight is 423 g/mol. The van der Waals surface area contributed by atoms with Crippen molar-refractivity contribution >= 4 is 21.9 Å². The van der Waals surface area contributed by atoms with Crippen molar-refractivity contribution in [3.63, 3.8) is 0 Å². The molecule has 0 unspecified atom stereocenters. The molecule has 0 saturated carbocycles. The molecular weight excluding hydrogens is 396 g/mol. The lowest BCUT2D eigenvalue weighted by Gasteiger charge is -2.19. The molecule has 158 valence electrons. The maximum atomic E-state index is 12.9. The molecule has 29 heavy (non-hydrogen) atoms. The highest BCUT2D eigenvalue weighted by molar-refractivity contribution is 7.89. The number of carbonyl (C=O) groups excluding carboxylic acids is 2. The second-order valence-corrected chi connectivity index (χ2v) is 8.34. The second kappa shape index (κ2) is 10.2. The lowest BCUT2D eigenvalue weighted by atomic mass is 10.2. The van der Waals surface area contributed by atoms with E-state index in [4.69, 9.17) is 9.47 Å². The van der Waals surface area contributed by atoms with Gasteiger partial charge in [-0.1, -0.05) is 12.2 Å². The standard InChI is InChI=1S/C20H26N2O6S/c1-4-10-21(11-5-2)19(23)15-28-20(24)16-8-9-17(27-3)18(14-16)29(25,26)22-12-6-7-13-22/h4-5,8-9,14H,1-2,6-7,10-13,15H2,3H3. The van der Waals surface area contributed by atoms with E-state index in [1.807, 2.05) is 0 Å². The molecule has 0 aromatic heterocycles. The molecule has 0 aliphatic carbocycles. The molecule has 1 fully saturated rings. The van der Waals surface area contributed by atoms with E-state index in [1.165, 1.54) is 34.5 Å². The predicted octanol–water partition coefficient (Wildman–Crippen LogP) is 1.84. The summed E-state index contributed by atoms with van der Waals surface area (Å²) >= 11 is 0. The van der Waals surface area contributed by atoms with Crippen molar-refractivity contribution in [2.24, 2.45) is 0 Å². The number of sulfonamides is 1. The van der Waals surface area contributed by atoms with Gasteiger partial charge in [0.15, 0.2) is 6.61 Å². The quantitative estimate of drug-likeness (QED) is 0.422. The largest absolute Gasteiger partial charge is 0.495 e. The molecule has 0 N–H and O–H groups in total. The Labute approximate surface area is 171 Å². The van der Waals surface area contributed by atoms with Crippen LogP contribution >= 0.6 is 0 Å². The van der Waals surface area contributed by atoms with E-state index in [0.717, 1.165) is 12.8 Å². The van der Waals surface area contributed by atoms with Gasteiger partial charge in [0.05, 0.1) is 12.7 Å². The van der Waals surface area contributed by atoms with Crippen LogP contribution in [0.3, 0.4) is 0 Å². The Kier molecular flexibility index (Phi) is 7.98. The van der Waals surface area contributed by atoms with Gasteiger partial charge in [-0.05, 0) is 31.0 Å². The third kappa shape index (κ3) is 5.45. The number of ether oxygens (including phenoxy) is 2. The van der Waals surface area contributed by atoms with E-state index >= 15 is 0 Å². The molecular formula is C20H26N2O6S. The molecule has 1 aliphatic rings. The fourth-order valence-corrected chi connectivity index (χ4v) is 4.66. The third-order valence-electron chi connectivity index (χ3n) is 4.46. The van der Waals surface area contributed by atoms with Crippen molar-refractivity contribution in [3.05, 3.63) is 49.1 Å². The van der Waals surface area contributed by atoms with Crippen LogP contribution in [0.5, 0.6) is 5.75 Å². The lowest BCUT2D eigenvalue weighted by molar-refractivity contribution is -0.133. The highest BCUT2D eigenvalue weighted by atomic mass is 32.2. The van der Waals surface area contributed by atoms with Gasteiger partial charge in [-0.3, -0.25) is 4.79 Å². The first-order valence-electron chi connectivity index (χ1n) is 9.20. The molecule has 1 amide bonds. The van der Waals surface area contributed by atoms with Crippen molar-refractivity contribution in [1.82, 2.24) is 9.21 Å². The van der Waals surface area contributed by atoms with Gasteiger partial charge < -0.3 is 14.4 Å². The Morgan fingerprint density at radius 3 is 2.34 bits per heavy atom. The number of hydrogen-bond acceptors (Lipinski definition) is 6. The molecule has 8 nitrogen and oxygen atoms in total. The Bertz CT molecular complexity index is 865. The van der Waals surface area contributed by atoms with Gasteiger partial charge in [-0.15, -0.1) is 13.2 Å². The summed E-state index contributed by atoms with van der Waals surface area (Å²) in [6.07, 6.45) is 4.69. The van der Waals surface area contributed by atoms with Gasteiger partial charge in [0.25, 0.3) is 5.91 Å². The summed E-state index contributed by atoms with van der Waals surface area (Å²) in [5.41, 5.74) is 0.0235. The van der Waals surface area contributed by atoms with Crippen molar-refractivity contribution in [2.45, 2.75) is 17.7 Å². The summed E-state index contributed by atoms with van der Waals surface area (Å²) in [5.74, 6) is -1.06. The Morgan fingerprint density at radius 2 is 1.79 bits per heavy atom. The average Bonchev–Trinajstić information content (AvgIpc) is 3.27. The van der Waals surface area contributed by atoms with Gasteiger partial charge in [0, 0.05) is 26.2 Å². The van der Waals surface area contributed by atoms with Gasteiger partial charge in [-0.2, -0.15) is 4.31 Å². The maximum absolute atomic E-state index is 12.9. The van der Waals surface area contributed by atoms with Crippen LogP contribution in [0.1, 0.15) is 23.2 Å². The minimum atomic E-state index is -3.79. The molecule has 0 atom stereocenters. The Morgan fingerprint density at radius 1 is 1.17 bits per heavy atom. The van der Waals surface area contributed by atoms with Crippen LogP contribution in [-0.2, 0) is 19.6 Å². The molecule has 9 heteroatoms. The smallest absolute Gasteiger partial charge is 0.338 e. The molecule has 1 saturated heterocycles. The normalized spacial score (nSPS) is 14.2. The highest BCUT2D eigenvalue weighted by Gasteiger charge is 2.31. The SMILES string of the molecule is C=CCN(CC=C)C(=O)COC(=O)c1ccc(OC)c(S(=O)(=O)N2CCCC2)c1. The van der Waals surface area contributed by atoms with E-state index in [2.05, 4.69) is 13.2 Å². The Balaban J connectivity index is 2.18. The zero-order valence-electron chi connectivity index (χ0n) is 16.5. The number of esters is 1. The van der Waals surface area contributed by atoms with E-state index in [9.17, 15) is 18.0 Å². The summed E-state index contributed by atoms with van der Waals surface area (Å²) in [5, 5.41) is 0.